The SMILES string of the molecule is O=C(CCN1C(=O)/C(=C/c2cccc(Cl)c2Cl)SC1=S)Nc1ccc(C(=O)O)cc1. The molecule has 1 heterocycles. The molecule has 154 valence electrons. The van der Waals surface area contributed by atoms with Crippen LogP contribution < -0.4 is 5.32 Å². The number of nitrogens with one attached hydrogen (secondary N) is 1. The Balaban J connectivity index is 1.61. The van der Waals surface area contributed by atoms with E-state index in [2.05, 4.69) is 5.32 Å². The summed E-state index contributed by atoms with van der Waals surface area (Å²) in [5, 5.41) is 12.3. The van der Waals surface area contributed by atoms with Gasteiger partial charge in [-0.1, -0.05) is 59.3 Å². The Kier molecular flexibility index (Phi) is 7.14. The van der Waals surface area contributed by atoms with Crippen molar-refractivity contribution in [2.45, 2.75) is 6.42 Å². The maximum absolute atomic E-state index is 12.7. The zero-order chi connectivity index (χ0) is 21.8. The Morgan fingerprint density at radius 2 is 1.87 bits per heavy atom. The van der Waals surface area contributed by atoms with Crippen LogP contribution in [0.25, 0.3) is 6.08 Å². The summed E-state index contributed by atoms with van der Waals surface area (Å²) in [4.78, 5) is 37.5. The third-order valence-electron chi connectivity index (χ3n) is 4.12. The van der Waals surface area contributed by atoms with Crippen LogP contribution in [0.5, 0.6) is 0 Å². The first-order valence-corrected chi connectivity index (χ1v) is 10.6. The van der Waals surface area contributed by atoms with Gasteiger partial charge in [-0.15, -0.1) is 0 Å². The minimum absolute atomic E-state index is 0.0261. The molecule has 0 bridgehead atoms. The fraction of sp³-hybridized carbons (Fsp3) is 0.100. The highest BCUT2D eigenvalue weighted by atomic mass is 35.5. The van der Waals surface area contributed by atoms with E-state index in [1.807, 2.05) is 0 Å². The average molecular weight is 481 g/mol. The number of carboxylic acids is 1. The number of carbonyl (C=O) groups excluding carboxylic acids is 2. The highest BCUT2D eigenvalue weighted by Gasteiger charge is 2.32. The normalized spacial score (nSPS) is 15.0. The van der Waals surface area contributed by atoms with Crippen LogP contribution in [0.3, 0.4) is 0 Å². The summed E-state index contributed by atoms with van der Waals surface area (Å²) in [7, 11) is 0. The van der Waals surface area contributed by atoms with Gasteiger partial charge in [0, 0.05) is 18.7 Å². The van der Waals surface area contributed by atoms with Crippen molar-refractivity contribution in [2.75, 3.05) is 11.9 Å². The van der Waals surface area contributed by atoms with Gasteiger partial charge in [-0.25, -0.2) is 4.79 Å². The number of hydrogen-bond acceptors (Lipinski definition) is 5. The highest BCUT2D eigenvalue weighted by Crippen LogP contribution is 2.35. The van der Waals surface area contributed by atoms with Gasteiger partial charge in [0.2, 0.25) is 5.91 Å². The number of hydrogen-bond donors (Lipinski definition) is 2. The Hall–Kier alpha value is -2.39. The van der Waals surface area contributed by atoms with Crippen molar-refractivity contribution in [2.24, 2.45) is 0 Å². The second-order valence-corrected chi connectivity index (χ2v) is 8.62. The predicted octanol–water partition coefficient (Wildman–Crippen LogP) is 4.92. The Labute approximate surface area is 191 Å². The van der Waals surface area contributed by atoms with Crippen LogP contribution in [0.2, 0.25) is 10.0 Å². The van der Waals surface area contributed by atoms with E-state index in [1.54, 1.807) is 24.3 Å². The molecular weight excluding hydrogens is 467 g/mol. The minimum atomic E-state index is -1.05. The Morgan fingerprint density at radius 3 is 2.53 bits per heavy atom. The molecule has 2 N–H and O–H groups in total. The molecule has 1 fully saturated rings. The zero-order valence-corrected chi connectivity index (χ0v) is 18.4. The third kappa shape index (κ3) is 5.20. The van der Waals surface area contributed by atoms with Crippen LogP contribution in [0.15, 0.2) is 47.4 Å². The van der Waals surface area contributed by atoms with Crippen molar-refractivity contribution < 1.29 is 19.5 Å². The van der Waals surface area contributed by atoms with E-state index >= 15 is 0 Å². The number of thiocarbonyl (C=S) groups is 1. The van der Waals surface area contributed by atoms with Crippen LogP contribution >= 0.6 is 47.2 Å². The first kappa shape index (κ1) is 22.3. The molecule has 0 aliphatic carbocycles. The molecule has 0 radical (unpaired) electrons. The molecule has 2 aromatic carbocycles. The standard InChI is InChI=1S/C20H14Cl2N2O4S2/c21-14-3-1-2-12(17(14)22)10-15-18(26)24(20(29)30-15)9-8-16(25)23-13-6-4-11(5-7-13)19(27)28/h1-7,10H,8-9H2,(H,23,25)(H,27,28)/b15-10-. The molecule has 0 saturated carbocycles. The van der Waals surface area contributed by atoms with E-state index in [9.17, 15) is 14.4 Å². The van der Waals surface area contributed by atoms with Gasteiger partial charge >= 0.3 is 5.97 Å². The molecule has 0 spiro atoms. The summed E-state index contributed by atoms with van der Waals surface area (Å²) in [5.74, 6) is -1.68. The predicted molar refractivity (Wildman–Crippen MR) is 123 cm³/mol. The number of rotatable bonds is 6. The fourth-order valence-corrected chi connectivity index (χ4v) is 4.26. The maximum atomic E-state index is 12.7. The first-order chi connectivity index (χ1) is 14.3. The molecule has 1 saturated heterocycles. The fourth-order valence-electron chi connectivity index (χ4n) is 2.60. The average Bonchev–Trinajstić information content (AvgIpc) is 2.97. The van der Waals surface area contributed by atoms with E-state index in [0.29, 0.717) is 30.5 Å². The lowest BCUT2D eigenvalue weighted by Gasteiger charge is -2.14. The van der Waals surface area contributed by atoms with Gasteiger partial charge in [-0.2, -0.15) is 0 Å². The molecule has 0 unspecified atom stereocenters. The molecule has 10 heteroatoms. The quantitative estimate of drug-likeness (QED) is 0.450. The van der Waals surface area contributed by atoms with Gasteiger partial charge in [0.1, 0.15) is 4.32 Å². The van der Waals surface area contributed by atoms with Crippen molar-refractivity contribution in [3.05, 3.63) is 68.5 Å². The lowest BCUT2D eigenvalue weighted by atomic mass is 10.2. The third-order valence-corrected chi connectivity index (χ3v) is 6.33. The van der Waals surface area contributed by atoms with Gasteiger partial charge in [0.25, 0.3) is 5.91 Å². The summed E-state index contributed by atoms with van der Waals surface area (Å²) in [6.07, 6.45) is 1.65. The molecule has 30 heavy (non-hydrogen) atoms. The summed E-state index contributed by atoms with van der Waals surface area (Å²) in [6, 6.07) is 10.9. The molecule has 0 aromatic heterocycles. The van der Waals surface area contributed by atoms with Crippen LogP contribution in [0, 0.1) is 0 Å². The molecule has 6 nitrogen and oxygen atoms in total. The van der Waals surface area contributed by atoms with E-state index in [4.69, 9.17) is 40.5 Å². The topological polar surface area (TPSA) is 86.7 Å². The van der Waals surface area contributed by atoms with E-state index in [0.717, 1.165) is 11.8 Å². The van der Waals surface area contributed by atoms with Crippen molar-refractivity contribution in [3.8, 4) is 0 Å². The summed E-state index contributed by atoms with van der Waals surface area (Å²) in [6.45, 7) is 0.115. The number of halogens is 2. The van der Waals surface area contributed by atoms with Gasteiger partial charge in [-0.05, 0) is 42.0 Å². The van der Waals surface area contributed by atoms with Crippen LogP contribution in [-0.2, 0) is 9.59 Å². The van der Waals surface area contributed by atoms with E-state index in [-0.39, 0.29) is 30.3 Å². The van der Waals surface area contributed by atoms with Gasteiger partial charge < -0.3 is 10.4 Å². The number of amides is 2. The van der Waals surface area contributed by atoms with Crippen LogP contribution in [-0.4, -0.2) is 38.7 Å². The number of carboxylic acid groups (broad SMARTS) is 1. The molecular formula is C20H14Cl2N2O4S2. The van der Waals surface area contributed by atoms with Gasteiger partial charge in [-0.3, -0.25) is 14.5 Å². The molecule has 2 aromatic rings. The van der Waals surface area contributed by atoms with Crippen LogP contribution in [0.4, 0.5) is 5.69 Å². The number of anilines is 1. The smallest absolute Gasteiger partial charge is 0.335 e. The number of aromatic carboxylic acids is 1. The van der Waals surface area contributed by atoms with Crippen LogP contribution in [0.1, 0.15) is 22.3 Å². The highest BCUT2D eigenvalue weighted by molar-refractivity contribution is 8.26. The summed E-state index contributed by atoms with van der Waals surface area (Å²) >= 11 is 18.6. The second-order valence-electron chi connectivity index (χ2n) is 6.16. The molecule has 1 aliphatic rings. The first-order valence-electron chi connectivity index (χ1n) is 8.59. The van der Waals surface area contributed by atoms with E-state index in [1.165, 1.54) is 29.2 Å². The summed E-state index contributed by atoms with van der Waals surface area (Å²) < 4.78 is 0.350. The van der Waals surface area contributed by atoms with E-state index < -0.39 is 5.97 Å². The number of carbonyl (C=O) groups is 3. The maximum Gasteiger partial charge on any atom is 0.335 e. The van der Waals surface area contributed by atoms with Gasteiger partial charge in [0.05, 0.1) is 20.5 Å². The lowest BCUT2D eigenvalue weighted by Crippen LogP contribution is -2.31. The summed E-state index contributed by atoms with van der Waals surface area (Å²) in [5.41, 5.74) is 1.19. The molecule has 2 amide bonds. The number of thioether (sulfide) groups is 1. The van der Waals surface area contributed by atoms with Crippen molar-refractivity contribution in [1.82, 2.24) is 4.90 Å². The molecule has 0 atom stereocenters. The second kappa shape index (κ2) is 9.61. The lowest BCUT2D eigenvalue weighted by molar-refractivity contribution is -0.122. The van der Waals surface area contributed by atoms with Crippen molar-refractivity contribution in [1.29, 1.82) is 0 Å². The van der Waals surface area contributed by atoms with Gasteiger partial charge in [0.15, 0.2) is 0 Å². The number of benzene rings is 2. The Bertz CT molecular complexity index is 1070. The largest absolute Gasteiger partial charge is 0.478 e. The number of nitrogens with zero attached hydrogens (tertiary/aromatic N) is 1. The minimum Gasteiger partial charge on any atom is -0.478 e. The van der Waals surface area contributed by atoms with Crippen molar-refractivity contribution >= 4 is 81.0 Å². The van der Waals surface area contributed by atoms with Crippen molar-refractivity contribution in [3.63, 3.8) is 0 Å². The monoisotopic (exact) mass is 480 g/mol. The zero-order valence-electron chi connectivity index (χ0n) is 15.2. The molecule has 3 rings (SSSR count). The Morgan fingerprint density at radius 1 is 1.17 bits per heavy atom. The molecule has 1 aliphatic heterocycles.